The molecule has 1 aromatic rings. The average molecular weight is 238 g/mol. The Morgan fingerprint density at radius 2 is 2.12 bits per heavy atom. The van der Waals surface area contributed by atoms with Gasteiger partial charge in [0.2, 0.25) is 0 Å². The molecule has 0 fully saturated rings. The second-order valence-electron chi connectivity index (χ2n) is 3.65. The van der Waals surface area contributed by atoms with Crippen molar-refractivity contribution in [3.63, 3.8) is 0 Å². The number of unbranched alkanes of at least 4 members (excludes halogenated alkanes) is 1. The molecule has 0 bridgehead atoms. The molecule has 4 heteroatoms. The minimum atomic E-state index is -0.350. The molecule has 0 saturated heterocycles. The van der Waals surface area contributed by atoms with Gasteiger partial charge in [0.05, 0.1) is 6.61 Å². The van der Waals surface area contributed by atoms with E-state index in [0.29, 0.717) is 19.0 Å². The van der Waals surface area contributed by atoms with E-state index in [1.54, 1.807) is 19.3 Å². The van der Waals surface area contributed by atoms with E-state index >= 15 is 0 Å². The lowest BCUT2D eigenvalue weighted by atomic mass is 10.3. The third-order valence-electron chi connectivity index (χ3n) is 2.13. The van der Waals surface area contributed by atoms with E-state index in [0.717, 1.165) is 18.6 Å². The van der Waals surface area contributed by atoms with Crippen LogP contribution in [0.3, 0.4) is 0 Å². The number of carbonyl (C=O) groups excluding carboxylic acids is 1. The fourth-order valence-corrected chi connectivity index (χ4v) is 1.26. The second-order valence-corrected chi connectivity index (χ2v) is 3.65. The molecule has 0 N–H and O–H groups in total. The summed E-state index contributed by atoms with van der Waals surface area (Å²) in [5.41, 5.74) is 0. The molecule has 1 aromatic heterocycles. The van der Waals surface area contributed by atoms with Crippen molar-refractivity contribution < 1.29 is 18.7 Å². The van der Waals surface area contributed by atoms with Gasteiger partial charge in [0.25, 0.3) is 0 Å². The van der Waals surface area contributed by atoms with Gasteiger partial charge in [-0.25, -0.2) is 4.79 Å². The molecule has 0 aliphatic rings. The Labute approximate surface area is 101 Å². The third kappa shape index (κ3) is 5.92. The highest BCUT2D eigenvalue weighted by Gasteiger charge is 1.98. The van der Waals surface area contributed by atoms with Gasteiger partial charge in [0.1, 0.15) is 11.5 Å². The Hall–Kier alpha value is -1.55. The molecule has 0 atom stereocenters. The largest absolute Gasteiger partial charge is 0.463 e. The zero-order chi connectivity index (χ0) is 12.5. The van der Waals surface area contributed by atoms with Crippen molar-refractivity contribution in [1.29, 1.82) is 0 Å². The molecule has 94 valence electrons. The van der Waals surface area contributed by atoms with Crippen molar-refractivity contribution in [2.75, 3.05) is 20.3 Å². The van der Waals surface area contributed by atoms with Crippen LogP contribution in [0.4, 0.5) is 0 Å². The van der Waals surface area contributed by atoms with Gasteiger partial charge in [-0.1, -0.05) is 0 Å². The quantitative estimate of drug-likeness (QED) is 0.416. The molecule has 0 amide bonds. The van der Waals surface area contributed by atoms with Crippen LogP contribution < -0.4 is 0 Å². The molecule has 0 saturated carbocycles. The van der Waals surface area contributed by atoms with Crippen LogP contribution in [-0.4, -0.2) is 26.3 Å². The first-order valence-corrected chi connectivity index (χ1v) is 5.62. The summed E-state index contributed by atoms with van der Waals surface area (Å²) in [7, 11) is 1.65. The van der Waals surface area contributed by atoms with Crippen molar-refractivity contribution in [2.45, 2.75) is 19.8 Å². The van der Waals surface area contributed by atoms with Gasteiger partial charge in [-0.15, -0.1) is 0 Å². The van der Waals surface area contributed by atoms with Gasteiger partial charge in [-0.05, 0) is 38.0 Å². The van der Waals surface area contributed by atoms with Crippen molar-refractivity contribution in [3.8, 4) is 0 Å². The molecule has 1 rings (SSSR count). The predicted molar refractivity (Wildman–Crippen MR) is 64.5 cm³/mol. The van der Waals surface area contributed by atoms with Crippen molar-refractivity contribution >= 4 is 12.0 Å². The monoisotopic (exact) mass is 238 g/mol. The molecular weight excluding hydrogens is 220 g/mol. The molecule has 0 aromatic carbocycles. The molecule has 0 radical (unpaired) electrons. The Morgan fingerprint density at radius 1 is 1.35 bits per heavy atom. The van der Waals surface area contributed by atoms with E-state index in [1.807, 2.05) is 13.0 Å². The van der Waals surface area contributed by atoms with E-state index in [4.69, 9.17) is 13.9 Å². The first-order chi connectivity index (χ1) is 8.22. The van der Waals surface area contributed by atoms with Gasteiger partial charge >= 0.3 is 5.97 Å². The number of esters is 1. The number of methoxy groups -OCH3 is 1. The van der Waals surface area contributed by atoms with Crippen LogP contribution in [0.25, 0.3) is 6.08 Å². The number of rotatable bonds is 7. The van der Waals surface area contributed by atoms with Crippen LogP contribution in [0.1, 0.15) is 24.4 Å². The summed E-state index contributed by atoms with van der Waals surface area (Å²) < 4.78 is 15.2. The van der Waals surface area contributed by atoms with Crippen molar-refractivity contribution in [2.24, 2.45) is 0 Å². The van der Waals surface area contributed by atoms with Crippen LogP contribution in [-0.2, 0) is 14.3 Å². The number of carbonyl (C=O) groups is 1. The van der Waals surface area contributed by atoms with Crippen molar-refractivity contribution in [1.82, 2.24) is 0 Å². The maximum atomic E-state index is 11.3. The molecule has 1 heterocycles. The molecule has 0 aliphatic carbocycles. The van der Waals surface area contributed by atoms with Crippen LogP contribution in [0.5, 0.6) is 0 Å². The maximum absolute atomic E-state index is 11.3. The number of furan rings is 1. The highest BCUT2D eigenvalue weighted by atomic mass is 16.5. The zero-order valence-corrected chi connectivity index (χ0v) is 10.3. The lowest BCUT2D eigenvalue weighted by Crippen LogP contribution is -2.03. The lowest BCUT2D eigenvalue weighted by molar-refractivity contribution is -0.137. The topological polar surface area (TPSA) is 48.7 Å². The lowest BCUT2D eigenvalue weighted by Gasteiger charge is -2.00. The average Bonchev–Trinajstić information content (AvgIpc) is 2.72. The Balaban J connectivity index is 2.18. The van der Waals surface area contributed by atoms with Gasteiger partial charge in [-0.2, -0.15) is 0 Å². The molecule has 17 heavy (non-hydrogen) atoms. The summed E-state index contributed by atoms with van der Waals surface area (Å²) in [5, 5.41) is 0. The van der Waals surface area contributed by atoms with Crippen LogP contribution in [0, 0.1) is 6.92 Å². The number of ether oxygens (including phenoxy) is 2. The van der Waals surface area contributed by atoms with E-state index in [-0.39, 0.29) is 5.97 Å². The molecular formula is C13H18O4. The summed E-state index contributed by atoms with van der Waals surface area (Å²) in [6.07, 6.45) is 4.68. The van der Waals surface area contributed by atoms with Crippen LogP contribution >= 0.6 is 0 Å². The Bertz CT molecular complexity index is 365. The third-order valence-corrected chi connectivity index (χ3v) is 2.13. The summed E-state index contributed by atoms with van der Waals surface area (Å²) >= 11 is 0. The molecule has 0 aliphatic heterocycles. The van der Waals surface area contributed by atoms with Crippen LogP contribution in [0.2, 0.25) is 0 Å². The Kier molecular flexibility index (Phi) is 6.10. The fourth-order valence-electron chi connectivity index (χ4n) is 1.26. The summed E-state index contributed by atoms with van der Waals surface area (Å²) in [6.45, 7) is 2.97. The van der Waals surface area contributed by atoms with Gasteiger partial charge in [-0.3, -0.25) is 0 Å². The molecule has 0 spiro atoms. The van der Waals surface area contributed by atoms with Gasteiger partial charge in [0.15, 0.2) is 0 Å². The van der Waals surface area contributed by atoms with E-state index < -0.39 is 0 Å². The summed E-state index contributed by atoms with van der Waals surface area (Å²) in [5.74, 6) is 1.12. The SMILES string of the molecule is COCCCCOC(=O)/C=C/c1ccc(C)o1. The van der Waals surface area contributed by atoms with E-state index in [9.17, 15) is 4.79 Å². The van der Waals surface area contributed by atoms with Gasteiger partial charge in [0, 0.05) is 19.8 Å². The van der Waals surface area contributed by atoms with Crippen LogP contribution in [0.15, 0.2) is 22.6 Å². The molecule has 4 nitrogen and oxygen atoms in total. The highest BCUT2D eigenvalue weighted by Crippen LogP contribution is 2.07. The number of aryl methyl sites for hydroxylation is 1. The smallest absolute Gasteiger partial charge is 0.330 e. The predicted octanol–water partition coefficient (Wildman–Crippen LogP) is 2.57. The van der Waals surface area contributed by atoms with E-state index in [2.05, 4.69) is 0 Å². The zero-order valence-electron chi connectivity index (χ0n) is 10.3. The van der Waals surface area contributed by atoms with E-state index in [1.165, 1.54) is 6.08 Å². The second kappa shape index (κ2) is 7.68. The minimum Gasteiger partial charge on any atom is -0.463 e. The summed E-state index contributed by atoms with van der Waals surface area (Å²) in [6, 6.07) is 3.65. The Morgan fingerprint density at radius 3 is 2.76 bits per heavy atom. The fraction of sp³-hybridized carbons (Fsp3) is 0.462. The van der Waals surface area contributed by atoms with Gasteiger partial charge < -0.3 is 13.9 Å². The first kappa shape index (κ1) is 13.5. The number of hydrogen-bond donors (Lipinski definition) is 0. The number of hydrogen-bond acceptors (Lipinski definition) is 4. The molecule has 0 unspecified atom stereocenters. The standard InChI is InChI=1S/C13H18O4/c1-11-5-6-12(17-11)7-8-13(14)16-10-4-3-9-15-2/h5-8H,3-4,9-10H2,1-2H3/b8-7+. The first-order valence-electron chi connectivity index (χ1n) is 5.62. The minimum absolute atomic E-state index is 0.350. The van der Waals surface area contributed by atoms with Crippen molar-refractivity contribution in [3.05, 3.63) is 29.7 Å². The summed E-state index contributed by atoms with van der Waals surface area (Å²) in [4.78, 5) is 11.3. The highest BCUT2D eigenvalue weighted by molar-refractivity contribution is 5.86. The normalized spacial score (nSPS) is 10.9. The maximum Gasteiger partial charge on any atom is 0.330 e.